The molecule has 1 aliphatic rings. The van der Waals surface area contributed by atoms with Gasteiger partial charge in [0.1, 0.15) is 0 Å². The van der Waals surface area contributed by atoms with Crippen LogP contribution in [0.3, 0.4) is 0 Å². The predicted octanol–water partition coefficient (Wildman–Crippen LogP) is 2.17. The van der Waals surface area contributed by atoms with Crippen molar-refractivity contribution >= 4 is 0 Å². The molecule has 0 aliphatic carbocycles. The lowest BCUT2D eigenvalue weighted by molar-refractivity contribution is 0.00703. The average molecular weight is 224 g/mol. The third-order valence-corrected chi connectivity index (χ3v) is 2.94. The summed E-state index contributed by atoms with van der Waals surface area (Å²) in [5.74, 6) is 0. The summed E-state index contributed by atoms with van der Waals surface area (Å²) in [5, 5.41) is 2.86. The number of nitrogens with one attached hydrogen (secondary N) is 1. The zero-order valence-corrected chi connectivity index (χ0v) is 10.2. The average Bonchev–Trinajstić information content (AvgIpc) is 2.61. The van der Waals surface area contributed by atoms with Crippen molar-refractivity contribution in [3.05, 3.63) is 22.1 Å². The fourth-order valence-electron chi connectivity index (χ4n) is 2.17. The molecule has 0 aromatic carbocycles. The molecule has 1 unspecified atom stereocenters. The van der Waals surface area contributed by atoms with E-state index in [2.05, 4.69) is 25.9 Å². The molecule has 2 rings (SSSR count). The number of rotatable bonds is 1. The SMILES string of the molecule is CC(C)(C)n1[nH]c(=O)cc1C1CCCCO1. The molecule has 16 heavy (non-hydrogen) atoms. The minimum Gasteiger partial charge on any atom is -0.372 e. The molecule has 1 fully saturated rings. The third kappa shape index (κ3) is 2.21. The van der Waals surface area contributed by atoms with Crippen LogP contribution in [0.1, 0.15) is 51.8 Å². The summed E-state index contributed by atoms with van der Waals surface area (Å²) in [5.41, 5.74) is 0.829. The molecule has 1 N–H and O–H groups in total. The lowest BCUT2D eigenvalue weighted by Crippen LogP contribution is -2.28. The van der Waals surface area contributed by atoms with E-state index in [0.717, 1.165) is 25.1 Å². The van der Waals surface area contributed by atoms with Gasteiger partial charge in [-0.2, -0.15) is 0 Å². The zero-order valence-electron chi connectivity index (χ0n) is 10.2. The van der Waals surface area contributed by atoms with Crippen LogP contribution >= 0.6 is 0 Å². The summed E-state index contributed by atoms with van der Waals surface area (Å²) >= 11 is 0. The second-order valence-corrected chi connectivity index (χ2v) is 5.41. The summed E-state index contributed by atoms with van der Waals surface area (Å²) < 4.78 is 7.67. The fourth-order valence-corrected chi connectivity index (χ4v) is 2.17. The van der Waals surface area contributed by atoms with Crippen LogP contribution in [-0.2, 0) is 10.3 Å². The summed E-state index contributed by atoms with van der Waals surface area (Å²) in [4.78, 5) is 11.5. The summed E-state index contributed by atoms with van der Waals surface area (Å²) in [7, 11) is 0. The normalized spacial score (nSPS) is 22.3. The summed E-state index contributed by atoms with van der Waals surface area (Å²) in [6.07, 6.45) is 3.38. The van der Waals surface area contributed by atoms with Gasteiger partial charge in [0.2, 0.25) is 0 Å². The van der Waals surface area contributed by atoms with Gasteiger partial charge in [-0.1, -0.05) is 0 Å². The highest BCUT2D eigenvalue weighted by Crippen LogP contribution is 2.29. The molecule has 1 aromatic rings. The first-order valence-corrected chi connectivity index (χ1v) is 5.92. The Kier molecular flexibility index (Phi) is 2.93. The van der Waals surface area contributed by atoms with Gasteiger partial charge in [0.15, 0.2) is 0 Å². The number of hydrogen-bond donors (Lipinski definition) is 1. The van der Waals surface area contributed by atoms with Crippen LogP contribution in [-0.4, -0.2) is 16.4 Å². The van der Waals surface area contributed by atoms with E-state index in [4.69, 9.17) is 4.74 Å². The number of aromatic amines is 1. The highest BCUT2D eigenvalue weighted by Gasteiger charge is 2.25. The van der Waals surface area contributed by atoms with E-state index in [1.807, 2.05) is 4.68 Å². The molecule has 0 spiro atoms. The molecule has 1 atom stereocenters. The van der Waals surface area contributed by atoms with Crippen LogP contribution in [0.25, 0.3) is 0 Å². The van der Waals surface area contributed by atoms with Crippen molar-refractivity contribution in [1.82, 2.24) is 9.78 Å². The predicted molar refractivity (Wildman–Crippen MR) is 62.6 cm³/mol. The Bertz CT molecular complexity index is 405. The molecule has 0 radical (unpaired) electrons. The van der Waals surface area contributed by atoms with E-state index in [-0.39, 0.29) is 17.2 Å². The van der Waals surface area contributed by atoms with Gasteiger partial charge in [0.25, 0.3) is 5.56 Å². The molecule has 0 bridgehead atoms. The van der Waals surface area contributed by atoms with Gasteiger partial charge in [-0.3, -0.25) is 14.6 Å². The van der Waals surface area contributed by atoms with Crippen LogP contribution in [0, 0.1) is 0 Å². The monoisotopic (exact) mass is 224 g/mol. The van der Waals surface area contributed by atoms with Crippen LogP contribution in [0.15, 0.2) is 10.9 Å². The lowest BCUT2D eigenvalue weighted by Gasteiger charge is -2.29. The number of aromatic nitrogens is 2. The van der Waals surface area contributed by atoms with E-state index in [1.165, 1.54) is 6.42 Å². The Morgan fingerprint density at radius 3 is 2.75 bits per heavy atom. The quantitative estimate of drug-likeness (QED) is 0.794. The Labute approximate surface area is 95.6 Å². The molecule has 1 aromatic heterocycles. The standard InChI is InChI=1S/C12H20N2O2/c1-12(2,3)14-9(8-11(15)13-14)10-6-4-5-7-16-10/h8,10H,4-7H2,1-3H3,(H,13,15). The van der Waals surface area contributed by atoms with Crippen molar-refractivity contribution in [3.63, 3.8) is 0 Å². The summed E-state index contributed by atoms with van der Waals surface area (Å²) in [6, 6.07) is 1.67. The maximum Gasteiger partial charge on any atom is 0.264 e. The largest absolute Gasteiger partial charge is 0.372 e. The number of ether oxygens (including phenoxy) is 1. The molecular weight excluding hydrogens is 204 g/mol. The van der Waals surface area contributed by atoms with Gasteiger partial charge in [0, 0.05) is 12.7 Å². The molecule has 1 aliphatic heterocycles. The van der Waals surface area contributed by atoms with E-state index in [0.29, 0.717) is 0 Å². The van der Waals surface area contributed by atoms with Gasteiger partial charge in [-0.05, 0) is 40.0 Å². The van der Waals surface area contributed by atoms with Gasteiger partial charge < -0.3 is 4.74 Å². The van der Waals surface area contributed by atoms with Crippen molar-refractivity contribution < 1.29 is 4.74 Å². The van der Waals surface area contributed by atoms with Crippen molar-refractivity contribution in [1.29, 1.82) is 0 Å². The highest BCUT2D eigenvalue weighted by molar-refractivity contribution is 5.08. The second-order valence-electron chi connectivity index (χ2n) is 5.41. The number of H-pyrrole nitrogens is 1. The molecular formula is C12H20N2O2. The zero-order chi connectivity index (χ0) is 11.8. The number of hydrogen-bond acceptors (Lipinski definition) is 2. The van der Waals surface area contributed by atoms with E-state index in [1.54, 1.807) is 6.07 Å². The third-order valence-electron chi connectivity index (χ3n) is 2.94. The maximum atomic E-state index is 11.5. The highest BCUT2D eigenvalue weighted by atomic mass is 16.5. The van der Waals surface area contributed by atoms with Gasteiger partial charge in [-0.15, -0.1) is 0 Å². The van der Waals surface area contributed by atoms with E-state index >= 15 is 0 Å². The van der Waals surface area contributed by atoms with Crippen LogP contribution in [0.4, 0.5) is 0 Å². The molecule has 90 valence electrons. The smallest absolute Gasteiger partial charge is 0.264 e. The lowest BCUT2D eigenvalue weighted by atomic mass is 10.0. The van der Waals surface area contributed by atoms with E-state index in [9.17, 15) is 4.79 Å². The van der Waals surface area contributed by atoms with Crippen LogP contribution < -0.4 is 5.56 Å². The topological polar surface area (TPSA) is 47.0 Å². The molecule has 4 nitrogen and oxygen atoms in total. The molecule has 1 saturated heterocycles. The van der Waals surface area contributed by atoms with E-state index < -0.39 is 0 Å². The van der Waals surface area contributed by atoms with Crippen molar-refractivity contribution in [2.45, 2.75) is 51.7 Å². The minimum atomic E-state index is -0.112. The summed E-state index contributed by atoms with van der Waals surface area (Å²) in [6.45, 7) is 7.04. The van der Waals surface area contributed by atoms with Crippen molar-refractivity contribution in [2.75, 3.05) is 6.61 Å². The van der Waals surface area contributed by atoms with Crippen molar-refractivity contribution in [3.8, 4) is 0 Å². The Morgan fingerprint density at radius 1 is 1.44 bits per heavy atom. The van der Waals surface area contributed by atoms with Gasteiger partial charge in [0.05, 0.1) is 17.3 Å². The maximum absolute atomic E-state index is 11.5. The second kappa shape index (κ2) is 4.09. The first kappa shape index (κ1) is 11.5. The Morgan fingerprint density at radius 2 is 2.19 bits per heavy atom. The molecule has 4 heteroatoms. The Balaban J connectivity index is 2.35. The van der Waals surface area contributed by atoms with Crippen molar-refractivity contribution in [2.24, 2.45) is 0 Å². The molecule has 0 saturated carbocycles. The fraction of sp³-hybridized carbons (Fsp3) is 0.750. The Hall–Kier alpha value is -1.03. The molecule has 0 amide bonds. The van der Waals surface area contributed by atoms with Crippen LogP contribution in [0.5, 0.6) is 0 Å². The van der Waals surface area contributed by atoms with Gasteiger partial charge >= 0.3 is 0 Å². The minimum absolute atomic E-state index is 0.0425. The molecule has 2 heterocycles. The van der Waals surface area contributed by atoms with Gasteiger partial charge in [-0.25, -0.2) is 0 Å². The first-order chi connectivity index (χ1) is 7.48. The number of nitrogens with zero attached hydrogens (tertiary/aromatic N) is 1. The van der Waals surface area contributed by atoms with Crippen LogP contribution in [0.2, 0.25) is 0 Å². The first-order valence-electron chi connectivity index (χ1n) is 5.92.